The van der Waals surface area contributed by atoms with Crippen molar-refractivity contribution in [3.8, 4) is 5.88 Å². The summed E-state index contributed by atoms with van der Waals surface area (Å²) < 4.78 is 5.13. The number of hydrogen-bond acceptors (Lipinski definition) is 5. The first-order chi connectivity index (χ1) is 16.8. The molecule has 3 fully saturated rings. The third-order valence-electron chi connectivity index (χ3n) is 7.81. The number of carbonyl (C=O) groups is 3. The number of likely N-dealkylation sites (tertiary alicyclic amines) is 2. The van der Waals surface area contributed by atoms with E-state index in [1.165, 1.54) is 7.11 Å². The van der Waals surface area contributed by atoms with Crippen molar-refractivity contribution in [1.29, 1.82) is 0 Å². The Morgan fingerprint density at radius 3 is 2.49 bits per heavy atom. The zero-order valence-electron chi connectivity index (χ0n) is 20.6. The van der Waals surface area contributed by atoms with E-state index in [-0.39, 0.29) is 40.5 Å². The minimum absolute atomic E-state index is 0.0595. The summed E-state index contributed by atoms with van der Waals surface area (Å²) in [4.78, 5) is 45.1. The molecule has 3 saturated heterocycles. The molecular formula is C25H36ClN5O4. The van der Waals surface area contributed by atoms with Crippen molar-refractivity contribution < 1.29 is 19.1 Å². The van der Waals surface area contributed by atoms with Crippen molar-refractivity contribution in [3.63, 3.8) is 0 Å². The smallest absolute Gasteiger partial charge is 0.315 e. The van der Waals surface area contributed by atoms with E-state index in [4.69, 9.17) is 16.3 Å². The molecule has 9 nitrogen and oxygen atoms in total. The number of ether oxygens (including phenoxy) is 1. The number of unbranched alkanes of at least 4 members (excludes halogenated alkanes) is 2. The van der Waals surface area contributed by atoms with Gasteiger partial charge in [0.05, 0.1) is 13.2 Å². The molecule has 0 aromatic carbocycles. The van der Waals surface area contributed by atoms with Crippen LogP contribution in [0, 0.1) is 5.41 Å². The van der Waals surface area contributed by atoms with E-state index in [1.54, 1.807) is 12.1 Å². The number of urea groups is 1. The van der Waals surface area contributed by atoms with Crippen molar-refractivity contribution in [1.82, 2.24) is 25.4 Å². The predicted octanol–water partition coefficient (Wildman–Crippen LogP) is 3.22. The highest BCUT2D eigenvalue weighted by atomic mass is 35.5. The second kappa shape index (κ2) is 11.0. The summed E-state index contributed by atoms with van der Waals surface area (Å²) in [5, 5.41) is 6.05. The maximum Gasteiger partial charge on any atom is 0.315 e. The average molecular weight is 506 g/mol. The molecule has 1 aromatic heterocycles. The van der Waals surface area contributed by atoms with Gasteiger partial charge in [-0.1, -0.05) is 24.4 Å². The van der Waals surface area contributed by atoms with Crippen LogP contribution in [-0.2, 0) is 4.79 Å². The van der Waals surface area contributed by atoms with Crippen LogP contribution >= 0.6 is 11.6 Å². The molecule has 2 N–H and O–H groups in total. The number of hydrogen-bond donors (Lipinski definition) is 2. The van der Waals surface area contributed by atoms with E-state index < -0.39 is 0 Å². The lowest BCUT2D eigenvalue weighted by molar-refractivity contribution is -0.130. The van der Waals surface area contributed by atoms with Gasteiger partial charge in [-0.05, 0) is 50.5 Å². The second-order valence-electron chi connectivity index (χ2n) is 10.2. The highest BCUT2D eigenvalue weighted by molar-refractivity contribution is 6.29. The fraction of sp³-hybridized carbons (Fsp3) is 0.680. The van der Waals surface area contributed by atoms with Gasteiger partial charge >= 0.3 is 6.03 Å². The molecule has 1 aromatic rings. The Kier molecular flexibility index (Phi) is 8.04. The molecule has 0 aliphatic carbocycles. The Labute approximate surface area is 211 Å². The number of amides is 4. The van der Waals surface area contributed by atoms with E-state index in [0.717, 1.165) is 58.0 Å². The van der Waals surface area contributed by atoms with Gasteiger partial charge in [0.1, 0.15) is 5.15 Å². The van der Waals surface area contributed by atoms with Crippen molar-refractivity contribution in [2.75, 3.05) is 33.3 Å². The van der Waals surface area contributed by atoms with Gasteiger partial charge in [-0.3, -0.25) is 9.59 Å². The topological polar surface area (TPSA) is 104 Å². The first kappa shape index (κ1) is 25.5. The summed E-state index contributed by atoms with van der Waals surface area (Å²) in [6.07, 6.45) is 7.20. The van der Waals surface area contributed by atoms with Gasteiger partial charge < -0.3 is 25.2 Å². The van der Waals surface area contributed by atoms with Crippen LogP contribution in [0.3, 0.4) is 0 Å². The standard InChI is InChI=1S/C25H36ClN5O4/c1-17-19(28-24(34)27-17)6-4-3-5-7-22(32)31-13-10-25(16-31)8-11-30(12-9-25)23(33)18-14-20(26)29-21(15-18)35-2/h14-15,17,19H,3-13,16H2,1-2H3,(H2,27,28,34)/t17-,19+/m0/s1. The van der Waals surface area contributed by atoms with Gasteiger partial charge in [-0.2, -0.15) is 0 Å². The average Bonchev–Trinajstić information content (AvgIpc) is 3.40. The van der Waals surface area contributed by atoms with Gasteiger partial charge in [-0.25, -0.2) is 9.78 Å². The zero-order valence-corrected chi connectivity index (χ0v) is 21.4. The third kappa shape index (κ3) is 6.18. The highest BCUT2D eigenvalue weighted by Gasteiger charge is 2.42. The molecule has 35 heavy (non-hydrogen) atoms. The molecule has 192 valence electrons. The van der Waals surface area contributed by atoms with Crippen LogP contribution < -0.4 is 15.4 Å². The van der Waals surface area contributed by atoms with Crippen molar-refractivity contribution in [2.24, 2.45) is 5.41 Å². The Hall–Kier alpha value is -2.55. The molecule has 0 bridgehead atoms. The zero-order chi connectivity index (χ0) is 25.0. The minimum atomic E-state index is -0.0853. The lowest BCUT2D eigenvalue weighted by Crippen LogP contribution is -2.44. The molecule has 2 atom stereocenters. The van der Waals surface area contributed by atoms with Crippen LogP contribution in [-0.4, -0.2) is 78.0 Å². The maximum absolute atomic E-state index is 13.0. The number of nitrogens with zero attached hydrogens (tertiary/aromatic N) is 3. The van der Waals surface area contributed by atoms with E-state index >= 15 is 0 Å². The molecule has 4 heterocycles. The van der Waals surface area contributed by atoms with Gasteiger partial charge in [0.2, 0.25) is 11.8 Å². The molecule has 4 rings (SSSR count). The normalized spacial score (nSPS) is 23.3. The molecule has 3 aliphatic heterocycles. The van der Waals surface area contributed by atoms with Crippen LogP contribution in [0.25, 0.3) is 0 Å². The number of carbonyl (C=O) groups excluding carboxylic acids is 3. The van der Waals surface area contributed by atoms with Crippen molar-refractivity contribution in [2.45, 2.75) is 70.4 Å². The summed E-state index contributed by atoms with van der Waals surface area (Å²) in [7, 11) is 1.50. The van der Waals surface area contributed by atoms with Crippen LogP contribution in [0.2, 0.25) is 5.15 Å². The fourth-order valence-electron chi connectivity index (χ4n) is 5.56. The lowest BCUT2D eigenvalue weighted by Gasteiger charge is -2.39. The molecular weight excluding hydrogens is 470 g/mol. The van der Waals surface area contributed by atoms with Crippen molar-refractivity contribution in [3.05, 3.63) is 22.8 Å². The first-order valence-electron chi connectivity index (χ1n) is 12.6. The Morgan fingerprint density at radius 2 is 1.83 bits per heavy atom. The summed E-state index contributed by atoms with van der Waals surface area (Å²) >= 11 is 6.03. The molecule has 4 amide bonds. The van der Waals surface area contributed by atoms with Crippen LogP contribution in [0.1, 0.15) is 68.6 Å². The molecule has 10 heteroatoms. The number of rotatable bonds is 8. The number of nitrogens with one attached hydrogen (secondary N) is 2. The van der Waals surface area contributed by atoms with Gasteiger partial charge in [0, 0.05) is 50.3 Å². The van der Waals surface area contributed by atoms with Crippen molar-refractivity contribution >= 4 is 29.4 Å². The summed E-state index contributed by atoms with van der Waals surface area (Å²) in [6, 6.07) is 3.46. The van der Waals surface area contributed by atoms with Crippen LogP contribution in [0.5, 0.6) is 5.88 Å². The minimum Gasteiger partial charge on any atom is -0.481 e. The summed E-state index contributed by atoms with van der Waals surface area (Å²) in [6.45, 7) is 4.96. The molecule has 0 saturated carbocycles. The number of pyridine rings is 1. The summed E-state index contributed by atoms with van der Waals surface area (Å²) in [5.41, 5.74) is 0.603. The Balaban J connectivity index is 1.18. The maximum atomic E-state index is 13.0. The van der Waals surface area contributed by atoms with Crippen LogP contribution in [0.4, 0.5) is 4.79 Å². The Bertz CT molecular complexity index is 950. The largest absolute Gasteiger partial charge is 0.481 e. The fourth-order valence-corrected chi connectivity index (χ4v) is 5.76. The number of methoxy groups -OCH3 is 1. The number of piperidine rings is 1. The second-order valence-corrected chi connectivity index (χ2v) is 10.6. The predicted molar refractivity (Wildman–Crippen MR) is 133 cm³/mol. The summed E-state index contributed by atoms with van der Waals surface area (Å²) in [5.74, 6) is 0.509. The molecule has 1 spiro atoms. The molecule has 0 radical (unpaired) electrons. The lowest BCUT2D eigenvalue weighted by atomic mass is 9.77. The van der Waals surface area contributed by atoms with E-state index in [1.807, 2.05) is 16.7 Å². The highest BCUT2D eigenvalue weighted by Crippen LogP contribution is 2.41. The van der Waals surface area contributed by atoms with Gasteiger partial charge in [0.25, 0.3) is 5.91 Å². The molecule has 3 aliphatic rings. The van der Waals surface area contributed by atoms with Crippen LogP contribution in [0.15, 0.2) is 12.1 Å². The molecule has 0 unspecified atom stereocenters. The quantitative estimate of drug-likeness (QED) is 0.417. The first-order valence-corrected chi connectivity index (χ1v) is 13.0. The van der Waals surface area contributed by atoms with E-state index in [9.17, 15) is 14.4 Å². The monoisotopic (exact) mass is 505 g/mol. The SMILES string of the molecule is COc1cc(C(=O)N2CCC3(CCN(C(=O)CCCCC[C@H]4NC(=O)N[C@H]4C)C3)CC2)cc(Cl)n1. The van der Waals surface area contributed by atoms with E-state index in [2.05, 4.69) is 15.6 Å². The Morgan fingerprint density at radius 1 is 1.11 bits per heavy atom. The third-order valence-corrected chi connectivity index (χ3v) is 8.01. The van der Waals surface area contributed by atoms with Gasteiger partial charge in [0.15, 0.2) is 0 Å². The number of aromatic nitrogens is 1. The number of halogens is 1. The van der Waals surface area contributed by atoms with E-state index in [0.29, 0.717) is 31.0 Å². The van der Waals surface area contributed by atoms with Gasteiger partial charge in [-0.15, -0.1) is 0 Å².